The maximum atomic E-state index is 11.9. The van der Waals surface area contributed by atoms with Gasteiger partial charge in [-0.2, -0.15) is 0 Å². The third-order valence-electron chi connectivity index (χ3n) is 2.20. The Labute approximate surface area is 92.9 Å². The molecule has 1 heterocycles. The lowest BCUT2D eigenvalue weighted by Gasteiger charge is -2.18. The molecule has 0 aromatic carbocycles. The molecule has 0 bridgehead atoms. The Balaban J connectivity index is 2.70. The summed E-state index contributed by atoms with van der Waals surface area (Å²) in [5.74, 6) is -1.08. The van der Waals surface area contributed by atoms with Crippen LogP contribution in [0.15, 0.2) is 10.8 Å². The van der Waals surface area contributed by atoms with Crippen LogP contribution < -0.4 is 0 Å². The number of carboxylic acid groups (broad SMARTS) is 1. The average Bonchev–Trinajstić information content (AvgIpc) is 2.64. The van der Waals surface area contributed by atoms with Crippen molar-refractivity contribution in [1.82, 2.24) is 9.88 Å². The zero-order valence-electron chi connectivity index (χ0n) is 9.27. The Morgan fingerprint density at radius 1 is 1.56 bits per heavy atom. The van der Waals surface area contributed by atoms with Crippen LogP contribution in [0.1, 0.15) is 29.6 Å². The van der Waals surface area contributed by atoms with Gasteiger partial charge >= 0.3 is 5.97 Å². The molecule has 1 amide bonds. The normalized spacial score (nSPS) is 10.1. The molecule has 0 saturated heterocycles. The van der Waals surface area contributed by atoms with Crippen molar-refractivity contribution in [3.8, 4) is 0 Å². The Bertz CT molecular complexity index is 386. The predicted molar refractivity (Wildman–Crippen MR) is 55.1 cm³/mol. The van der Waals surface area contributed by atoms with Crippen molar-refractivity contribution in [2.24, 2.45) is 0 Å². The van der Waals surface area contributed by atoms with Crippen LogP contribution in [0.2, 0.25) is 0 Å². The standard InChI is InChI=1S/C10H14N2O4/c1-3-12(5-4-8(13)14)10(15)9-7(2)11-6-16-9/h6H,3-5H2,1-2H3,(H,13,14). The van der Waals surface area contributed by atoms with E-state index in [0.717, 1.165) is 0 Å². The summed E-state index contributed by atoms with van der Waals surface area (Å²) in [6.45, 7) is 4.06. The van der Waals surface area contributed by atoms with Gasteiger partial charge in [-0.1, -0.05) is 0 Å². The highest BCUT2D eigenvalue weighted by atomic mass is 16.4. The van der Waals surface area contributed by atoms with Gasteiger partial charge in [-0.3, -0.25) is 9.59 Å². The first-order valence-corrected chi connectivity index (χ1v) is 4.97. The smallest absolute Gasteiger partial charge is 0.305 e. The summed E-state index contributed by atoms with van der Waals surface area (Å²) in [6.07, 6.45) is 1.13. The maximum Gasteiger partial charge on any atom is 0.305 e. The van der Waals surface area contributed by atoms with E-state index in [1.54, 1.807) is 13.8 Å². The lowest BCUT2D eigenvalue weighted by molar-refractivity contribution is -0.137. The minimum absolute atomic E-state index is 0.0766. The zero-order chi connectivity index (χ0) is 12.1. The fourth-order valence-electron chi connectivity index (χ4n) is 1.28. The van der Waals surface area contributed by atoms with Gasteiger partial charge in [0.15, 0.2) is 6.39 Å². The number of carboxylic acids is 1. The van der Waals surface area contributed by atoms with Gasteiger partial charge in [-0.05, 0) is 13.8 Å². The van der Waals surface area contributed by atoms with E-state index in [1.807, 2.05) is 0 Å². The Morgan fingerprint density at radius 3 is 2.69 bits per heavy atom. The van der Waals surface area contributed by atoms with Gasteiger partial charge in [0.25, 0.3) is 5.91 Å². The molecule has 16 heavy (non-hydrogen) atoms. The first kappa shape index (κ1) is 12.2. The fraction of sp³-hybridized carbons (Fsp3) is 0.500. The number of amides is 1. The van der Waals surface area contributed by atoms with E-state index in [4.69, 9.17) is 9.52 Å². The summed E-state index contributed by atoms with van der Waals surface area (Å²) in [4.78, 5) is 27.5. The molecule has 1 aromatic heterocycles. The maximum absolute atomic E-state index is 11.9. The highest BCUT2D eigenvalue weighted by molar-refractivity contribution is 5.92. The van der Waals surface area contributed by atoms with Crippen LogP contribution in [-0.4, -0.2) is 40.0 Å². The van der Waals surface area contributed by atoms with E-state index in [1.165, 1.54) is 11.3 Å². The second kappa shape index (κ2) is 5.29. The Kier molecular flexibility index (Phi) is 4.04. The number of rotatable bonds is 5. The van der Waals surface area contributed by atoms with E-state index in [0.29, 0.717) is 12.2 Å². The molecule has 0 aliphatic heterocycles. The third kappa shape index (κ3) is 2.82. The molecule has 0 spiro atoms. The van der Waals surface area contributed by atoms with Crippen LogP contribution >= 0.6 is 0 Å². The van der Waals surface area contributed by atoms with Gasteiger partial charge in [0, 0.05) is 13.1 Å². The monoisotopic (exact) mass is 226 g/mol. The molecule has 6 nitrogen and oxygen atoms in total. The summed E-state index contributed by atoms with van der Waals surface area (Å²) in [5, 5.41) is 8.55. The minimum atomic E-state index is -0.930. The first-order valence-electron chi connectivity index (χ1n) is 4.97. The van der Waals surface area contributed by atoms with E-state index >= 15 is 0 Å². The molecule has 1 rings (SSSR count). The first-order chi connectivity index (χ1) is 7.56. The van der Waals surface area contributed by atoms with Gasteiger partial charge in [0.1, 0.15) is 0 Å². The lowest BCUT2D eigenvalue weighted by atomic mass is 10.3. The van der Waals surface area contributed by atoms with Gasteiger partial charge in [0.2, 0.25) is 5.76 Å². The fourth-order valence-corrected chi connectivity index (χ4v) is 1.28. The van der Waals surface area contributed by atoms with Crippen LogP contribution in [0.5, 0.6) is 0 Å². The van der Waals surface area contributed by atoms with Crippen molar-refractivity contribution >= 4 is 11.9 Å². The van der Waals surface area contributed by atoms with Crippen molar-refractivity contribution in [2.45, 2.75) is 20.3 Å². The molecule has 0 aliphatic carbocycles. The second-order valence-corrected chi connectivity index (χ2v) is 3.30. The number of nitrogens with zero attached hydrogens (tertiary/aromatic N) is 2. The van der Waals surface area contributed by atoms with Crippen molar-refractivity contribution in [3.63, 3.8) is 0 Å². The summed E-state index contributed by atoms with van der Waals surface area (Å²) < 4.78 is 4.97. The summed E-state index contributed by atoms with van der Waals surface area (Å²) >= 11 is 0. The van der Waals surface area contributed by atoms with Crippen molar-refractivity contribution in [1.29, 1.82) is 0 Å². The number of oxazole rings is 1. The van der Waals surface area contributed by atoms with E-state index < -0.39 is 5.97 Å². The van der Waals surface area contributed by atoms with Gasteiger partial charge in [0.05, 0.1) is 12.1 Å². The number of hydrogen-bond donors (Lipinski definition) is 1. The van der Waals surface area contributed by atoms with Crippen LogP contribution in [-0.2, 0) is 4.79 Å². The molecule has 0 fully saturated rings. The van der Waals surface area contributed by atoms with Gasteiger partial charge < -0.3 is 14.4 Å². The molecule has 1 aromatic rings. The third-order valence-corrected chi connectivity index (χ3v) is 2.20. The number of carbonyl (C=O) groups is 2. The molecule has 0 unspecified atom stereocenters. The van der Waals surface area contributed by atoms with Gasteiger partial charge in [-0.15, -0.1) is 0 Å². The van der Waals surface area contributed by atoms with Crippen molar-refractivity contribution in [3.05, 3.63) is 17.8 Å². The highest BCUT2D eigenvalue weighted by Gasteiger charge is 2.20. The van der Waals surface area contributed by atoms with Crippen molar-refractivity contribution < 1.29 is 19.1 Å². The van der Waals surface area contributed by atoms with Crippen LogP contribution in [0, 0.1) is 6.92 Å². The molecule has 0 radical (unpaired) electrons. The number of aromatic nitrogens is 1. The molecular formula is C10H14N2O4. The molecular weight excluding hydrogens is 212 g/mol. The van der Waals surface area contributed by atoms with E-state index in [9.17, 15) is 9.59 Å². The zero-order valence-corrected chi connectivity index (χ0v) is 9.27. The van der Waals surface area contributed by atoms with Crippen LogP contribution in [0.3, 0.4) is 0 Å². The number of aliphatic carboxylic acids is 1. The summed E-state index contributed by atoms with van der Waals surface area (Å²) in [5.41, 5.74) is 0.513. The molecule has 0 aliphatic rings. The summed E-state index contributed by atoms with van der Waals surface area (Å²) in [6, 6.07) is 0. The molecule has 88 valence electrons. The van der Waals surface area contributed by atoms with Crippen LogP contribution in [0.4, 0.5) is 0 Å². The highest BCUT2D eigenvalue weighted by Crippen LogP contribution is 2.09. The van der Waals surface area contributed by atoms with Gasteiger partial charge in [-0.25, -0.2) is 4.98 Å². The SMILES string of the molecule is CCN(CCC(=O)O)C(=O)c1ocnc1C. The lowest BCUT2D eigenvalue weighted by Crippen LogP contribution is -2.33. The topological polar surface area (TPSA) is 83.6 Å². The molecule has 0 atom stereocenters. The Hall–Kier alpha value is -1.85. The quantitative estimate of drug-likeness (QED) is 0.807. The summed E-state index contributed by atoms with van der Waals surface area (Å²) in [7, 11) is 0. The minimum Gasteiger partial charge on any atom is -0.481 e. The molecule has 1 N–H and O–H groups in total. The van der Waals surface area contributed by atoms with E-state index in [-0.39, 0.29) is 24.6 Å². The Morgan fingerprint density at radius 2 is 2.25 bits per heavy atom. The van der Waals surface area contributed by atoms with Crippen molar-refractivity contribution in [2.75, 3.05) is 13.1 Å². The van der Waals surface area contributed by atoms with E-state index in [2.05, 4.69) is 4.98 Å². The average molecular weight is 226 g/mol. The number of carbonyl (C=O) groups excluding carboxylic acids is 1. The molecule has 6 heteroatoms. The molecule has 0 saturated carbocycles. The number of aryl methyl sites for hydroxylation is 1. The predicted octanol–water partition coefficient (Wildman–Crippen LogP) is 0.920. The van der Waals surface area contributed by atoms with Crippen LogP contribution in [0.25, 0.3) is 0 Å². The number of hydrogen-bond acceptors (Lipinski definition) is 4. The second-order valence-electron chi connectivity index (χ2n) is 3.30. The largest absolute Gasteiger partial charge is 0.481 e.